The molecule has 0 aliphatic carbocycles. The second-order valence-electron chi connectivity index (χ2n) is 4.75. The number of likely N-dealkylation sites (tertiary alicyclic amines) is 1. The van der Waals surface area contributed by atoms with Crippen LogP contribution < -0.4 is 5.90 Å². The van der Waals surface area contributed by atoms with Crippen molar-refractivity contribution >= 4 is 0 Å². The summed E-state index contributed by atoms with van der Waals surface area (Å²) in [6, 6.07) is 8.83. The molecule has 3 heteroatoms. The fourth-order valence-electron chi connectivity index (χ4n) is 2.23. The summed E-state index contributed by atoms with van der Waals surface area (Å²) < 4.78 is 0. The Labute approximate surface area is 110 Å². The third-order valence-electron chi connectivity index (χ3n) is 3.38. The molecule has 0 unspecified atom stereocenters. The molecule has 0 radical (unpaired) electrons. The Hall–Kier alpha value is -1.32. The fourth-order valence-corrected chi connectivity index (χ4v) is 2.23. The number of benzene rings is 1. The van der Waals surface area contributed by atoms with Crippen molar-refractivity contribution in [1.29, 1.82) is 0 Å². The van der Waals surface area contributed by atoms with Gasteiger partial charge in [0.05, 0.1) is 0 Å². The summed E-state index contributed by atoms with van der Waals surface area (Å²) in [6.07, 6.45) is 4.89. The Kier molecular flexibility index (Phi) is 6.47. The van der Waals surface area contributed by atoms with Gasteiger partial charge >= 0.3 is 0 Å². The van der Waals surface area contributed by atoms with Gasteiger partial charge in [-0.25, -0.2) is 5.90 Å². The number of rotatable bonds is 4. The van der Waals surface area contributed by atoms with Crippen molar-refractivity contribution in [3.63, 3.8) is 0 Å². The highest BCUT2D eigenvalue weighted by Gasteiger charge is 2.12. The van der Waals surface area contributed by atoms with Crippen molar-refractivity contribution in [2.45, 2.75) is 32.6 Å². The summed E-state index contributed by atoms with van der Waals surface area (Å²) in [7, 11) is 0. The first-order valence-electron chi connectivity index (χ1n) is 6.50. The van der Waals surface area contributed by atoms with Crippen LogP contribution in [0.1, 0.15) is 30.4 Å². The molecule has 1 aliphatic rings. The minimum atomic E-state index is 1.10. The second kappa shape index (κ2) is 7.90. The van der Waals surface area contributed by atoms with Crippen molar-refractivity contribution in [2.75, 3.05) is 13.1 Å². The molecule has 0 amide bonds. The van der Waals surface area contributed by atoms with Crippen molar-refractivity contribution < 1.29 is 5.21 Å². The molecule has 1 aromatic carbocycles. The molecular weight excluding hydrogens is 224 g/mol. The maximum absolute atomic E-state index is 6.50. The van der Waals surface area contributed by atoms with E-state index in [4.69, 9.17) is 5.21 Å². The van der Waals surface area contributed by atoms with Crippen LogP contribution in [0.4, 0.5) is 0 Å². The molecule has 1 aromatic rings. The third kappa shape index (κ3) is 4.51. The summed E-state index contributed by atoms with van der Waals surface area (Å²) in [5.74, 6) is 3.50. The van der Waals surface area contributed by atoms with E-state index in [1.54, 1.807) is 0 Å². The van der Waals surface area contributed by atoms with Crippen LogP contribution in [0.2, 0.25) is 0 Å². The molecule has 3 nitrogen and oxygen atoms in total. The van der Waals surface area contributed by atoms with Crippen LogP contribution in [0.15, 0.2) is 36.5 Å². The smallest absolute Gasteiger partial charge is 0.0175 e. The summed E-state index contributed by atoms with van der Waals surface area (Å²) in [5.41, 5.74) is 4.08. The van der Waals surface area contributed by atoms with Gasteiger partial charge in [-0.15, -0.1) is 0 Å². The van der Waals surface area contributed by atoms with E-state index in [0.29, 0.717) is 0 Å². The Bertz CT molecular complexity index is 353. The highest BCUT2D eigenvalue weighted by Crippen LogP contribution is 2.17. The van der Waals surface area contributed by atoms with E-state index < -0.39 is 0 Å². The van der Waals surface area contributed by atoms with E-state index in [1.165, 1.54) is 42.8 Å². The molecule has 0 saturated carbocycles. The minimum absolute atomic E-state index is 1.10. The molecule has 3 N–H and O–H groups in total. The van der Waals surface area contributed by atoms with E-state index in [2.05, 4.69) is 48.6 Å². The molecule has 2 rings (SSSR count). The lowest BCUT2D eigenvalue weighted by Gasteiger charge is -2.20. The van der Waals surface area contributed by atoms with Crippen LogP contribution in [0, 0.1) is 6.92 Å². The van der Waals surface area contributed by atoms with E-state index in [-0.39, 0.29) is 0 Å². The highest BCUT2D eigenvalue weighted by molar-refractivity contribution is 5.22. The number of hydrogen-bond donors (Lipinski definition) is 2. The van der Waals surface area contributed by atoms with Gasteiger partial charge in [0, 0.05) is 18.8 Å². The third-order valence-corrected chi connectivity index (χ3v) is 3.38. The quantitative estimate of drug-likeness (QED) is 0.806. The first kappa shape index (κ1) is 14.7. The van der Waals surface area contributed by atoms with Crippen molar-refractivity contribution in [3.05, 3.63) is 47.7 Å². The maximum Gasteiger partial charge on any atom is 0.0175 e. The molecular formula is C15H24N2O. The molecule has 18 heavy (non-hydrogen) atoms. The van der Waals surface area contributed by atoms with Crippen LogP contribution in [0.5, 0.6) is 0 Å². The van der Waals surface area contributed by atoms with Crippen LogP contribution in [0.25, 0.3) is 0 Å². The minimum Gasteiger partial charge on any atom is -0.375 e. The van der Waals surface area contributed by atoms with E-state index in [0.717, 1.165) is 12.8 Å². The Morgan fingerprint density at radius 1 is 1.22 bits per heavy atom. The highest BCUT2D eigenvalue weighted by atomic mass is 16.4. The first-order chi connectivity index (χ1) is 8.75. The number of nitrogens with two attached hydrogens (primary N) is 1. The lowest BCUT2D eigenvalue weighted by molar-refractivity contribution is 0.311. The van der Waals surface area contributed by atoms with Gasteiger partial charge in [-0.1, -0.05) is 36.4 Å². The van der Waals surface area contributed by atoms with Crippen molar-refractivity contribution in [3.8, 4) is 0 Å². The van der Waals surface area contributed by atoms with E-state index in [1.807, 2.05) is 0 Å². The number of nitrogens with zero attached hydrogens (tertiary/aromatic N) is 1. The average molecular weight is 248 g/mol. The lowest BCUT2D eigenvalue weighted by Crippen LogP contribution is -2.18. The Morgan fingerprint density at radius 2 is 1.78 bits per heavy atom. The van der Waals surface area contributed by atoms with Gasteiger partial charge in [0.15, 0.2) is 0 Å². The predicted octanol–water partition coefficient (Wildman–Crippen LogP) is 2.87. The average Bonchev–Trinajstić information content (AvgIpc) is 2.94. The zero-order valence-electron chi connectivity index (χ0n) is 11.2. The summed E-state index contributed by atoms with van der Waals surface area (Å²) in [6.45, 7) is 8.76. The second-order valence-corrected chi connectivity index (χ2v) is 4.75. The largest absolute Gasteiger partial charge is 0.375 e. The number of aryl methyl sites for hydroxylation is 2. The first-order valence-corrected chi connectivity index (χ1v) is 6.50. The molecule has 1 saturated heterocycles. The van der Waals surface area contributed by atoms with Gasteiger partial charge in [-0.3, -0.25) is 0 Å². The van der Waals surface area contributed by atoms with Crippen LogP contribution in [-0.4, -0.2) is 23.2 Å². The SMILES string of the molecule is C=C(CCc1ccc(C)cc1)N1CCCC1.NO. The molecule has 100 valence electrons. The van der Waals surface area contributed by atoms with Gasteiger partial charge in [0.25, 0.3) is 0 Å². The molecule has 1 aliphatic heterocycles. The van der Waals surface area contributed by atoms with Crippen LogP contribution >= 0.6 is 0 Å². The summed E-state index contributed by atoms with van der Waals surface area (Å²) in [4.78, 5) is 2.44. The molecule has 1 heterocycles. The van der Waals surface area contributed by atoms with E-state index in [9.17, 15) is 0 Å². The standard InChI is InChI=1S/C15H21N.H3NO/c1-13-5-8-15(9-6-13)10-7-14(2)16-11-3-4-12-16;1-2/h5-6,8-9H,2-4,7,10-12H2,1H3;2H,1H2. The van der Waals surface area contributed by atoms with E-state index >= 15 is 0 Å². The monoisotopic (exact) mass is 248 g/mol. The van der Waals surface area contributed by atoms with Gasteiger partial charge in [-0.2, -0.15) is 0 Å². The zero-order valence-corrected chi connectivity index (χ0v) is 11.2. The maximum atomic E-state index is 6.50. The van der Waals surface area contributed by atoms with Gasteiger partial charge < -0.3 is 10.1 Å². The molecule has 0 bridgehead atoms. The zero-order chi connectivity index (χ0) is 13.4. The molecule has 0 aromatic heterocycles. The number of allylic oxidation sites excluding steroid dienone is 1. The topological polar surface area (TPSA) is 49.5 Å². The molecule has 1 fully saturated rings. The number of hydrogen-bond acceptors (Lipinski definition) is 3. The van der Waals surface area contributed by atoms with Gasteiger partial charge in [0.2, 0.25) is 0 Å². The Balaban J connectivity index is 0.000000771. The van der Waals surface area contributed by atoms with Crippen LogP contribution in [0.3, 0.4) is 0 Å². The van der Waals surface area contributed by atoms with Crippen LogP contribution in [-0.2, 0) is 6.42 Å². The molecule has 0 spiro atoms. The predicted molar refractivity (Wildman–Crippen MR) is 75.4 cm³/mol. The Morgan fingerprint density at radius 3 is 2.33 bits per heavy atom. The fraction of sp³-hybridized carbons (Fsp3) is 0.467. The normalized spacial score (nSPS) is 14.1. The van der Waals surface area contributed by atoms with Gasteiger partial charge in [-0.05, 0) is 38.2 Å². The molecule has 0 atom stereocenters. The lowest BCUT2D eigenvalue weighted by atomic mass is 10.1. The summed E-state index contributed by atoms with van der Waals surface area (Å²) >= 11 is 0. The van der Waals surface area contributed by atoms with Crippen molar-refractivity contribution in [2.24, 2.45) is 5.90 Å². The van der Waals surface area contributed by atoms with Crippen molar-refractivity contribution in [1.82, 2.24) is 4.90 Å². The summed E-state index contributed by atoms with van der Waals surface area (Å²) in [5, 5.41) is 6.50. The van der Waals surface area contributed by atoms with Gasteiger partial charge in [0.1, 0.15) is 0 Å².